The molecule has 2 aliphatic rings. The molecule has 0 aliphatic carbocycles. The van der Waals surface area contributed by atoms with Crippen LogP contribution in [0.1, 0.15) is 22.5 Å². The fraction of sp³-hybridized carbons (Fsp3) is 0.529. The van der Waals surface area contributed by atoms with Crippen molar-refractivity contribution in [2.45, 2.75) is 24.9 Å². The van der Waals surface area contributed by atoms with E-state index in [0.717, 1.165) is 6.42 Å². The molecule has 4 amide bonds. The van der Waals surface area contributed by atoms with E-state index < -0.39 is 18.0 Å². The summed E-state index contributed by atoms with van der Waals surface area (Å²) in [7, 11) is 0. The monoisotopic (exact) mass is 393 g/mol. The summed E-state index contributed by atoms with van der Waals surface area (Å²) >= 11 is 1.33. The van der Waals surface area contributed by atoms with Gasteiger partial charge in [-0.2, -0.15) is 0 Å². The number of hydrogen-bond acceptors (Lipinski definition) is 6. The van der Waals surface area contributed by atoms with Crippen LogP contribution in [0, 0.1) is 0 Å². The minimum absolute atomic E-state index is 0.0721. The van der Waals surface area contributed by atoms with Gasteiger partial charge in [0.1, 0.15) is 12.1 Å². The van der Waals surface area contributed by atoms with Crippen molar-refractivity contribution in [1.82, 2.24) is 20.4 Å². The SMILES string of the molecule is NCC(=O)N1CCN(C(=O)c2cccs2)C[C@@H]1C(=O)N[C@H]1CCCNC1=O. The second-order valence-corrected chi connectivity index (χ2v) is 7.48. The molecule has 0 saturated carbocycles. The number of nitrogens with zero attached hydrogens (tertiary/aromatic N) is 2. The second-order valence-electron chi connectivity index (χ2n) is 6.53. The van der Waals surface area contributed by atoms with E-state index in [1.165, 1.54) is 16.2 Å². The highest BCUT2D eigenvalue weighted by molar-refractivity contribution is 7.12. The lowest BCUT2D eigenvalue weighted by Gasteiger charge is -2.40. The molecule has 4 N–H and O–H groups in total. The van der Waals surface area contributed by atoms with Crippen LogP contribution in [0.4, 0.5) is 0 Å². The van der Waals surface area contributed by atoms with Crippen molar-refractivity contribution in [3.63, 3.8) is 0 Å². The first kappa shape index (κ1) is 19.3. The fourth-order valence-corrected chi connectivity index (χ4v) is 4.03. The molecular weight excluding hydrogens is 370 g/mol. The molecule has 27 heavy (non-hydrogen) atoms. The highest BCUT2D eigenvalue weighted by atomic mass is 32.1. The molecule has 10 heteroatoms. The van der Waals surface area contributed by atoms with Crippen molar-refractivity contribution in [2.75, 3.05) is 32.7 Å². The summed E-state index contributed by atoms with van der Waals surface area (Å²) in [5.74, 6) is -1.19. The normalized spacial score (nSPS) is 22.9. The highest BCUT2D eigenvalue weighted by Gasteiger charge is 2.38. The van der Waals surface area contributed by atoms with Crippen LogP contribution in [0.25, 0.3) is 0 Å². The molecule has 2 fully saturated rings. The minimum atomic E-state index is -0.867. The lowest BCUT2D eigenvalue weighted by Crippen LogP contribution is -2.64. The Bertz CT molecular complexity index is 723. The van der Waals surface area contributed by atoms with Crippen LogP contribution in [0.15, 0.2) is 17.5 Å². The van der Waals surface area contributed by atoms with Crippen molar-refractivity contribution in [2.24, 2.45) is 5.73 Å². The molecule has 1 aromatic heterocycles. The first-order chi connectivity index (χ1) is 13.0. The summed E-state index contributed by atoms with van der Waals surface area (Å²) in [5.41, 5.74) is 5.48. The molecular formula is C17H23N5O4S. The van der Waals surface area contributed by atoms with Crippen LogP contribution in [0.5, 0.6) is 0 Å². The molecule has 2 aliphatic heterocycles. The van der Waals surface area contributed by atoms with Gasteiger partial charge >= 0.3 is 0 Å². The predicted molar refractivity (Wildman–Crippen MR) is 99.0 cm³/mol. The Labute approximate surface area is 160 Å². The number of nitrogens with two attached hydrogens (primary N) is 1. The van der Waals surface area contributed by atoms with Gasteiger partial charge in [0.25, 0.3) is 5.91 Å². The highest BCUT2D eigenvalue weighted by Crippen LogP contribution is 2.17. The van der Waals surface area contributed by atoms with Gasteiger partial charge in [0.2, 0.25) is 17.7 Å². The molecule has 3 heterocycles. The predicted octanol–water partition coefficient (Wildman–Crippen LogP) is -1.25. The molecule has 2 saturated heterocycles. The molecule has 0 aromatic carbocycles. The zero-order chi connectivity index (χ0) is 19.4. The smallest absolute Gasteiger partial charge is 0.264 e. The number of thiophene rings is 1. The van der Waals surface area contributed by atoms with E-state index in [4.69, 9.17) is 5.73 Å². The molecule has 0 unspecified atom stereocenters. The van der Waals surface area contributed by atoms with Gasteiger partial charge in [-0.15, -0.1) is 11.3 Å². The van der Waals surface area contributed by atoms with Crippen molar-refractivity contribution in [1.29, 1.82) is 0 Å². The van der Waals surface area contributed by atoms with Gasteiger partial charge in [0.15, 0.2) is 0 Å². The topological polar surface area (TPSA) is 125 Å². The van der Waals surface area contributed by atoms with E-state index >= 15 is 0 Å². The first-order valence-electron chi connectivity index (χ1n) is 8.91. The summed E-state index contributed by atoms with van der Waals surface area (Å²) in [6, 6.07) is 2.03. The Morgan fingerprint density at radius 1 is 1.33 bits per heavy atom. The summed E-state index contributed by atoms with van der Waals surface area (Å²) < 4.78 is 0. The molecule has 0 radical (unpaired) electrons. The van der Waals surface area contributed by atoms with Gasteiger partial charge in [0.05, 0.1) is 18.0 Å². The lowest BCUT2D eigenvalue weighted by atomic mass is 10.0. The number of piperazine rings is 1. The van der Waals surface area contributed by atoms with Gasteiger partial charge in [-0.25, -0.2) is 0 Å². The Morgan fingerprint density at radius 2 is 2.15 bits per heavy atom. The average Bonchev–Trinajstić information content (AvgIpc) is 3.23. The summed E-state index contributed by atoms with van der Waals surface area (Å²) in [6.45, 7) is 1.00. The van der Waals surface area contributed by atoms with Crippen LogP contribution in [0.3, 0.4) is 0 Å². The molecule has 3 rings (SSSR count). The van der Waals surface area contributed by atoms with Gasteiger partial charge in [0, 0.05) is 19.6 Å². The largest absolute Gasteiger partial charge is 0.354 e. The van der Waals surface area contributed by atoms with E-state index in [2.05, 4.69) is 10.6 Å². The Morgan fingerprint density at radius 3 is 2.81 bits per heavy atom. The van der Waals surface area contributed by atoms with E-state index in [1.54, 1.807) is 17.0 Å². The van der Waals surface area contributed by atoms with Crippen molar-refractivity contribution in [3.05, 3.63) is 22.4 Å². The maximum atomic E-state index is 12.8. The average molecular weight is 393 g/mol. The van der Waals surface area contributed by atoms with Crippen LogP contribution < -0.4 is 16.4 Å². The van der Waals surface area contributed by atoms with Gasteiger partial charge < -0.3 is 26.2 Å². The van der Waals surface area contributed by atoms with E-state index in [9.17, 15) is 19.2 Å². The number of carbonyl (C=O) groups excluding carboxylic acids is 4. The summed E-state index contributed by atoms with van der Waals surface area (Å²) in [5, 5.41) is 7.25. The summed E-state index contributed by atoms with van der Waals surface area (Å²) in [4.78, 5) is 53.1. The second kappa shape index (κ2) is 8.49. The summed E-state index contributed by atoms with van der Waals surface area (Å²) in [6.07, 6.45) is 1.32. The van der Waals surface area contributed by atoms with Gasteiger partial charge in [-0.3, -0.25) is 19.2 Å². The Balaban J connectivity index is 1.73. The van der Waals surface area contributed by atoms with Gasteiger partial charge in [-0.05, 0) is 24.3 Å². The number of carbonyl (C=O) groups is 4. The molecule has 9 nitrogen and oxygen atoms in total. The fourth-order valence-electron chi connectivity index (χ4n) is 3.34. The number of hydrogen-bond donors (Lipinski definition) is 3. The lowest BCUT2D eigenvalue weighted by molar-refractivity contribution is -0.143. The van der Waals surface area contributed by atoms with E-state index in [-0.39, 0.29) is 37.4 Å². The maximum absolute atomic E-state index is 12.8. The van der Waals surface area contributed by atoms with Crippen molar-refractivity contribution < 1.29 is 19.2 Å². The van der Waals surface area contributed by atoms with Crippen LogP contribution >= 0.6 is 11.3 Å². The van der Waals surface area contributed by atoms with E-state index in [1.807, 2.05) is 5.38 Å². The quantitative estimate of drug-likeness (QED) is 0.590. The number of rotatable bonds is 4. The van der Waals surface area contributed by atoms with Gasteiger partial charge in [-0.1, -0.05) is 6.07 Å². The zero-order valence-electron chi connectivity index (χ0n) is 14.8. The number of amides is 4. The van der Waals surface area contributed by atoms with Crippen molar-refractivity contribution >= 4 is 35.0 Å². The minimum Gasteiger partial charge on any atom is -0.354 e. The van der Waals surface area contributed by atoms with Crippen LogP contribution in [-0.4, -0.2) is 78.2 Å². The Kier molecular flexibility index (Phi) is 6.07. The molecule has 0 spiro atoms. The third kappa shape index (κ3) is 4.28. The third-order valence-corrected chi connectivity index (χ3v) is 5.66. The molecule has 0 bridgehead atoms. The first-order valence-corrected chi connectivity index (χ1v) is 9.79. The Hall–Kier alpha value is -2.46. The van der Waals surface area contributed by atoms with Crippen molar-refractivity contribution in [3.8, 4) is 0 Å². The molecule has 2 atom stereocenters. The number of nitrogens with one attached hydrogen (secondary N) is 2. The maximum Gasteiger partial charge on any atom is 0.264 e. The van der Waals surface area contributed by atoms with E-state index in [0.29, 0.717) is 24.4 Å². The zero-order valence-corrected chi connectivity index (χ0v) is 15.7. The molecule has 146 valence electrons. The third-order valence-electron chi connectivity index (χ3n) is 4.80. The van der Waals surface area contributed by atoms with Crippen LogP contribution in [-0.2, 0) is 14.4 Å². The van der Waals surface area contributed by atoms with Crippen LogP contribution in [0.2, 0.25) is 0 Å². The standard InChI is InChI=1S/C17H23N5O4S/c18-9-14(23)22-7-6-21(17(26)13-4-2-8-27-13)10-12(22)16(25)20-11-3-1-5-19-15(11)24/h2,4,8,11-12H,1,3,5-7,9-10,18H2,(H,19,24)(H,20,25)/t11-,12+/m0/s1. The molecule has 1 aromatic rings. The number of piperidine rings is 1.